The smallest absolute Gasteiger partial charge is 0.410 e. The second-order valence-electron chi connectivity index (χ2n) is 9.63. The molecule has 2 aromatic carbocycles. The molecular formula is C26H28ClN3O3. The summed E-state index contributed by atoms with van der Waals surface area (Å²) in [5, 5.41) is 9.59. The molecule has 2 aliphatic rings. The largest absolute Gasteiger partial charge is 0.444 e. The molecule has 2 amide bonds. The number of fused-ring (bicyclic) bond motifs is 1. The Bertz CT molecular complexity index is 1120. The number of carbonyl (C=O) groups excluding carboxylic acids is 2. The summed E-state index contributed by atoms with van der Waals surface area (Å²) in [5.41, 5.74) is 3.78. The number of amides is 2. The highest BCUT2D eigenvalue weighted by Gasteiger charge is 2.36. The van der Waals surface area contributed by atoms with Crippen molar-refractivity contribution in [2.45, 2.75) is 58.2 Å². The van der Waals surface area contributed by atoms with E-state index in [0.29, 0.717) is 42.2 Å². The second kappa shape index (κ2) is 9.07. The van der Waals surface area contributed by atoms with E-state index in [0.717, 1.165) is 24.0 Å². The first-order chi connectivity index (χ1) is 15.7. The minimum Gasteiger partial charge on any atom is -0.444 e. The number of nitrogens with zero attached hydrogens (tertiary/aromatic N) is 3. The van der Waals surface area contributed by atoms with Crippen molar-refractivity contribution in [1.29, 1.82) is 5.26 Å². The topological polar surface area (TPSA) is 73.6 Å². The third kappa shape index (κ3) is 4.99. The highest BCUT2D eigenvalue weighted by Crippen LogP contribution is 2.39. The van der Waals surface area contributed by atoms with Crippen LogP contribution in [0.2, 0.25) is 5.02 Å². The first-order valence-electron chi connectivity index (χ1n) is 11.3. The molecule has 172 valence electrons. The number of halogens is 1. The molecule has 1 fully saturated rings. The third-order valence-corrected chi connectivity index (χ3v) is 6.34. The minimum absolute atomic E-state index is 0.0667. The highest BCUT2D eigenvalue weighted by molar-refractivity contribution is 6.30. The van der Waals surface area contributed by atoms with E-state index in [1.165, 1.54) is 5.56 Å². The average molecular weight is 466 g/mol. The fourth-order valence-electron chi connectivity index (χ4n) is 4.66. The van der Waals surface area contributed by atoms with Gasteiger partial charge in [0.1, 0.15) is 5.60 Å². The Morgan fingerprint density at radius 1 is 1.15 bits per heavy atom. The Kier molecular flexibility index (Phi) is 6.36. The maximum atomic E-state index is 13.1. The quantitative estimate of drug-likeness (QED) is 0.588. The maximum Gasteiger partial charge on any atom is 0.410 e. The Morgan fingerprint density at radius 3 is 2.55 bits per heavy atom. The Labute approximate surface area is 199 Å². The molecule has 0 aliphatic carbocycles. The van der Waals surface area contributed by atoms with Crippen molar-refractivity contribution in [3.05, 3.63) is 69.2 Å². The lowest BCUT2D eigenvalue weighted by atomic mass is 9.89. The van der Waals surface area contributed by atoms with E-state index in [2.05, 4.69) is 6.07 Å². The molecule has 2 aliphatic heterocycles. The van der Waals surface area contributed by atoms with Crippen LogP contribution in [-0.4, -0.2) is 40.5 Å². The number of ether oxygens (including phenoxy) is 1. The lowest BCUT2D eigenvalue weighted by molar-refractivity contribution is 0.0223. The molecule has 0 saturated carbocycles. The van der Waals surface area contributed by atoms with E-state index in [1.807, 2.05) is 42.7 Å². The summed E-state index contributed by atoms with van der Waals surface area (Å²) in [6, 6.07) is 12.6. The van der Waals surface area contributed by atoms with Crippen LogP contribution in [0.4, 0.5) is 4.79 Å². The van der Waals surface area contributed by atoms with E-state index >= 15 is 0 Å². The van der Waals surface area contributed by atoms with Gasteiger partial charge in [0.25, 0.3) is 5.91 Å². The van der Waals surface area contributed by atoms with Crippen molar-refractivity contribution in [2.75, 3.05) is 13.1 Å². The number of rotatable bonds is 2. The molecule has 4 rings (SSSR count). The van der Waals surface area contributed by atoms with Gasteiger partial charge in [0.2, 0.25) is 0 Å². The van der Waals surface area contributed by atoms with Gasteiger partial charge in [-0.15, -0.1) is 0 Å². The van der Waals surface area contributed by atoms with Gasteiger partial charge >= 0.3 is 6.09 Å². The van der Waals surface area contributed by atoms with E-state index in [9.17, 15) is 9.59 Å². The SMILES string of the molecule is CC(C)(C)OC(=O)N1CCC[C@H]1c1cc(Cl)cc2c1CCN(C(=O)c1ccc(C#N)cc1)C2. The van der Waals surface area contributed by atoms with Gasteiger partial charge in [0.05, 0.1) is 17.7 Å². The van der Waals surface area contributed by atoms with Crippen molar-refractivity contribution < 1.29 is 14.3 Å². The number of hydrogen-bond acceptors (Lipinski definition) is 4. The first-order valence-corrected chi connectivity index (χ1v) is 11.6. The Morgan fingerprint density at radius 2 is 1.88 bits per heavy atom. The fraction of sp³-hybridized carbons (Fsp3) is 0.423. The normalized spacial score (nSPS) is 18.0. The van der Waals surface area contributed by atoms with Crippen molar-refractivity contribution in [1.82, 2.24) is 9.80 Å². The number of benzene rings is 2. The summed E-state index contributed by atoms with van der Waals surface area (Å²) in [5.74, 6) is -0.0667. The summed E-state index contributed by atoms with van der Waals surface area (Å²) >= 11 is 6.50. The molecule has 7 heteroatoms. The monoisotopic (exact) mass is 465 g/mol. The maximum absolute atomic E-state index is 13.1. The van der Waals surface area contributed by atoms with E-state index in [1.54, 1.807) is 24.3 Å². The van der Waals surface area contributed by atoms with Crippen LogP contribution in [0.15, 0.2) is 36.4 Å². The van der Waals surface area contributed by atoms with Crippen molar-refractivity contribution >= 4 is 23.6 Å². The predicted molar refractivity (Wildman–Crippen MR) is 126 cm³/mol. The molecule has 0 unspecified atom stereocenters. The molecule has 2 heterocycles. The zero-order valence-electron chi connectivity index (χ0n) is 19.2. The van der Waals surface area contributed by atoms with E-state index in [-0.39, 0.29) is 18.0 Å². The zero-order chi connectivity index (χ0) is 23.8. The van der Waals surface area contributed by atoms with Crippen molar-refractivity contribution in [3.63, 3.8) is 0 Å². The lowest BCUT2D eigenvalue weighted by Crippen LogP contribution is -2.38. The van der Waals surface area contributed by atoms with Gasteiger partial charge in [-0.25, -0.2) is 4.79 Å². The highest BCUT2D eigenvalue weighted by atomic mass is 35.5. The summed E-state index contributed by atoms with van der Waals surface area (Å²) in [7, 11) is 0. The number of carbonyl (C=O) groups is 2. The minimum atomic E-state index is -0.551. The Balaban J connectivity index is 1.58. The van der Waals surface area contributed by atoms with Crippen molar-refractivity contribution in [3.8, 4) is 6.07 Å². The summed E-state index contributed by atoms with van der Waals surface area (Å²) in [6.07, 6.45) is 2.17. The van der Waals surface area contributed by atoms with Crippen LogP contribution in [0.1, 0.15) is 72.3 Å². The van der Waals surface area contributed by atoms with Crippen LogP contribution < -0.4 is 0 Å². The molecule has 6 nitrogen and oxygen atoms in total. The molecule has 2 aromatic rings. The van der Waals surface area contributed by atoms with Crippen LogP contribution in [0.3, 0.4) is 0 Å². The van der Waals surface area contributed by atoms with Gasteiger partial charge < -0.3 is 14.5 Å². The second-order valence-corrected chi connectivity index (χ2v) is 10.1. The number of nitriles is 1. The molecule has 0 N–H and O–H groups in total. The van der Waals surface area contributed by atoms with Gasteiger partial charge in [-0.05, 0) is 93.1 Å². The molecule has 0 radical (unpaired) electrons. The molecule has 0 spiro atoms. The first kappa shape index (κ1) is 23.1. The summed E-state index contributed by atoms with van der Waals surface area (Å²) in [4.78, 5) is 29.5. The summed E-state index contributed by atoms with van der Waals surface area (Å²) < 4.78 is 5.64. The van der Waals surface area contributed by atoms with Crippen LogP contribution in [0.5, 0.6) is 0 Å². The predicted octanol–water partition coefficient (Wildman–Crippen LogP) is 5.48. The standard InChI is InChI=1S/C26H28ClN3O3/c1-26(2,3)33-25(32)30-11-4-5-23(30)22-14-20(27)13-19-16-29(12-10-21(19)22)24(31)18-8-6-17(15-28)7-9-18/h6-9,13-14,23H,4-5,10-12,16H2,1-3H3/t23-/m0/s1. The van der Waals surface area contributed by atoms with Gasteiger partial charge in [0.15, 0.2) is 0 Å². The average Bonchev–Trinajstić information content (AvgIpc) is 3.26. The van der Waals surface area contributed by atoms with Gasteiger partial charge in [-0.3, -0.25) is 4.79 Å². The number of likely N-dealkylation sites (tertiary alicyclic amines) is 1. The fourth-order valence-corrected chi connectivity index (χ4v) is 4.91. The van der Waals surface area contributed by atoms with Crippen LogP contribution in [0, 0.1) is 11.3 Å². The molecule has 1 atom stereocenters. The zero-order valence-corrected chi connectivity index (χ0v) is 20.0. The van der Waals surface area contributed by atoms with Crippen LogP contribution in [-0.2, 0) is 17.7 Å². The Hall–Kier alpha value is -3.04. The lowest BCUT2D eigenvalue weighted by Gasteiger charge is -2.34. The van der Waals surface area contributed by atoms with Crippen molar-refractivity contribution in [2.24, 2.45) is 0 Å². The van der Waals surface area contributed by atoms with E-state index in [4.69, 9.17) is 21.6 Å². The van der Waals surface area contributed by atoms with Gasteiger partial charge in [0, 0.05) is 30.2 Å². The molecule has 0 bridgehead atoms. The molecule has 33 heavy (non-hydrogen) atoms. The van der Waals surface area contributed by atoms with Crippen LogP contribution in [0.25, 0.3) is 0 Å². The summed E-state index contributed by atoms with van der Waals surface area (Å²) in [6.45, 7) is 7.31. The molecule has 1 saturated heterocycles. The third-order valence-electron chi connectivity index (χ3n) is 6.12. The van der Waals surface area contributed by atoms with Crippen LogP contribution >= 0.6 is 11.6 Å². The van der Waals surface area contributed by atoms with Gasteiger partial charge in [-0.1, -0.05) is 11.6 Å². The number of hydrogen-bond donors (Lipinski definition) is 0. The molecular weight excluding hydrogens is 438 g/mol. The molecule has 0 aromatic heterocycles. The van der Waals surface area contributed by atoms with E-state index < -0.39 is 5.60 Å². The van der Waals surface area contributed by atoms with Gasteiger partial charge in [-0.2, -0.15) is 5.26 Å².